The van der Waals surface area contributed by atoms with E-state index in [4.69, 9.17) is 19.8 Å². The molecule has 5 heterocycles. The molecule has 7 rings (SSSR count). The maximum absolute atomic E-state index is 13.6. The van der Waals surface area contributed by atoms with Crippen molar-refractivity contribution in [1.82, 2.24) is 44.9 Å². The van der Waals surface area contributed by atoms with Crippen LogP contribution in [-0.2, 0) is 29.0 Å². The molecule has 0 aromatic carbocycles. The van der Waals surface area contributed by atoms with Gasteiger partial charge in [-0.1, -0.05) is 0 Å². The molecule has 4 aliphatic rings. The number of carbonyl (C=O) groups excluding carboxylic acids is 2. The fourth-order valence-electron chi connectivity index (χ4n) is 7.12. The van der Waals surface area contributed by atoms with Crippen LogP contribution in [0.15, 0.2) is 18.5 Å². The quantitative estimate of drug-likeness (QED) is 0.326. The van der Waals surface area contributed by atoms with E-state index in [0.29, 0.717) is 79.8 Å². The normalized spacial score (nSPS) is 23.5. The number of rotatable bonds is 11. The van der Waals surface area contributed by atoms with Gasteiger partial charge >= 0.3 is 6.18 Å². The average Bonchev–Trinajstić information content (AvgIpc) is 3.96. The molecule has 4 fully saturated rings. The van der Waals surface area contributed by atoms with Gasteiger partial charge in [-0.25, -0.2) is 14.5 Å². The van der Waals surface area contributed by atoms with Gasteiger partial charge < -0.3 is 15.4 Å². The third kappa shape index (κ3) is 6.61. The Morgan fingerprint density at radius 3 is 2.54 bits per heavy atom. The highest BCUT2D eigenvalue weighted by molar-refractivity contribution is 5.92. The maximum Gasteiger partial charge on any atom is 0.393 e. The van der Waals surface area contributed by atoms with Crippen LogP contribution in [0.25, 0.3) is 5.78 Å². The van der Waals surface area contributed by atoms with E-state index in [1.54, 1.807) is 27.7 Å². The summed E-state index contributed by atoms with van der Waals surface area (Å²) >= 11 is 0. The number of aromatic nitrogens is 6. The second-order valence-corrected chi connectivity index (χ2v) is 13.2. The minimum absolute atomic E-state index is 0.0302. The third-order valence-corrected chi connectivity index (χ3v) is 9.90. The smallest absolute Gasteiger partial charge is 0.379 e. The van der Waals surface area contributed by atoms with Gasteiger partial charge in [0, 0.05) is 51.3 Å². The summed E-state index contributed by atoms with van der Waals surface area (Å²) in [4.78, 5) is 38.3. The Balaban J connectivity index is 1.23. The van der Waals surface area contributed by atoms with Gasteiger partial charge in [0.25, 0.3) is 11.7 Å². The average molecular weight is 644 g/mol. The van der Waals surface area contributed by atoms with E-state index in [9.17, 15) is 22.8 Å². The minimum Gasteiger partial charge on any atom is -0.379 e. The van der Waals surface area contributed by atoms with Crippen molar-refractivity contribution in [3.8, 4) is 0 Å². The van der Waals surface area contributed by atoms with Gasteiger partial charge in [-0.05, 0) is 62.8 Å². The Hall–Kier alpha value is -3.59. The highest BCUT2D eigenvalue weighted by Crippen LogP contribution is 2.54. The number of aryl methyl sites for hydroxylation is 1. The Bertz CT molecular complexity index is 1560. The van der Waals surface area contributed by atoms with Crippen molar-refractivity contribution in [2.24, 2.45) is 29.6 Å². The van der Waals surface area contributed by atoms with Gasteiger partial charge in [-0.2, -0.15) is 23.4 Å². The van der Waals surface area contributed by atoms with Crippen LogP contribution in [-0.4, -0.2) is 85.1 Å². The summed E-state index contributed by atoms with van der Waals surface area (Å²) in [6, 6.07) is 1.35. The van der Waals surface area contributed by atoms with E-state index in [2.05, 4.69) is 20.6 Å². The molecule has 46 heavy (non-hydrogen) atoms. The topological polar surface area (TPSA) is 132 Å². The van der Waals surface area contributed by atoms with Crippen molar-refractivity contribution in [1.29, 1.82) is 0 Å². The molecular formula is C31H40F3N9O3. The lowest BCUT2D eigenvalue weighted by molar-refractivity contribution is -0.183. The van der Waals surface area contributed by atoms with Crippen LogP contribution in [0, 0.1) is 29.6 Å². The molecule has 2 saturated heterocycles. The molecule has 3 atom stereocenters. The molecule has 248 valence electrons. The van der Waals surface area contributed by atoms with Gasteiger partial charge in [-0.3, -0.25) is 19.2 Å². The van der Waals surface area contributed by atoms with Crippen molar-refractivity contribution < 1.29 is 27.5 Å². The number of halogens is 3. The zero-order chi connectivity index (χ0) is 32.0. The summed E-state index contributed by atoms with van der Waals surface area (Å²) in [5.74, 6) is -1.54. The molecule has 2 aliphatic carbocycles. The number of nitrogens with zero attached hydrogens (tertiary/aromatic N) is 7. The molecule has 2 saturated carbocycles. The van der Waals surface area contributed by atoms with Crippen molar-refractivity contribution in [2.45, 2.75) is 70.8 Å². The van der Waals surface area contributed by atoms with E-state index in [-0.39, 0.29) is 30.7 Å². The molecule has 2 aliphatic heterocycles. The van der Waals surface area contributed by atoms with Crippen molar-refractivity contribution in [3.63, 3.8) is 0 Å². The zero-order valence-electron chi connectivity index (χ0n) is 25.9. The van der Waals surface area contributed by atoms with Crippen LogP contribution in [0.5, 0.6) is 0 Å². The van der Waals surface area contributed by atoms with E-state index in [0.717, 1.165) is 25.7 Å². The number of ether oxygens (including phenoxy) is 1. The standard InChI is InChI=1S/C31H40F3N9O3/c1-2-42-25(7-8-36-42)29(45)39-27(26(18-3-4-18)19-5-6-19)24-17-43-30(38-24)37-23(16-41-9-11-46-12-10-41)22(40-43)14-20-13-21(31(32,33)34)15-35-28(20)44/h7-8,17-21,26-27H,2-6,9-16H2,1H3,(H,35,44)(H,39,45)/t20-,21-,27-/m1/s1. The summed E-state index contributed by atoms with van der Waals surface area (Å²) in [5.41, 5.74) is 2.19. The summed E-state index contributed by atoms with van der Waals surface area (Å²) in [5, 5.41) is 14.8. The van der Waals surface area contributed by atoms with E-state index < -0.39 is 30.5 Å². The van der Waals surface area contributed by atoms with Gasteiger partial charge in [0.15, 0.2) is 0 Å². The molecule has 3 aromatic heterocycles. The molecule has 2 N–H and O–H groups in total. The van der Waals surface area contributed by atoms with Crippen LogP contribution in [0.3, 0.4) is 0 Å². The number of piperidine rings is 1. The van der Waals surface area contributed by atoms with E-state index >= 15 is 0 Å². The molecule has 2 amide bonds. The molecule has 0 spiro atoms. The van der Waals surface area contributed by atoms with E-state index in [1.165, 1.54) is 0 Å². The van der Waals surface area contributed by atoms with Crippen molar-refractivity contribution >= 4 is 17.6 Å². The second-order valence-electron chi connectivity index (χ2n) is 13.2. The Kier molecular flexibility index (Phi) is 8.46. The summed E-state index contributed by atoms with van der Waals surface area (Å²) in [6.07, 6.45) is 3.18. The molecule has 0 bridgehead atoms. The number of amides is 2. The molecule has 0 radical (unpaired) electrons. The number of nitrogens with one attached hydrogen (secondary N) is 2. The summed E-state index contributed by atoms with van der Waals surface area (Å²) < 4.78 is 49.6. The largest absolute Gasteiger partial charge is 0.393 e. The van der Waals surface area contributed by atoms with Gasteiger partial charge in [-0.15, -0.1) is 0 Å². The first-order chi connectivity index (χ1) is 22.2. The number of hydrogen-bond acceptors (Lipinski definition) is 8. The number of fused-ring (bicyclic) bond motifs is 1. The fourth-order valence-corrected chi connectivity index (χ4v) is 7.12. The highest BCUT2D eigenvalue weighted by atomic mass is 19.4. The summed E-state index contributed by atoms with van der Waals surface area (Å²) in [6.45, 7) is 4.99. The number of hydrogen-bond donors (Lipinski definition) is 2. The zero-order valence-corrected chi connectivity index (χ0v) is 25.9. The molecule has 12 nitrogen and oxygen atoms in total. The van der Waals surface area contributed by atoms with Gasteiger partial charge in [0.1, 0.15) is 5.69 Å². The number of alkyl halides is 3. The first-order valence-electron chi connectivity index (χ1n) is 16.4. The van der Waals surface area contributed by atoms with Gasteiger partial charge in [0.2, 0.25) is 5.91 Å². The SMILES string of the molecule is CCn1nccc1C(=O)N[C@H](c1cn2nc(C[C@H]3C[C@@H](C(F)(F)F)CNC3=O)c(CN3CCOCC3)nc2n1)C(C1CC1)C1CC1. The predicted molar refractivity (Wildman–Crippen MR) is 158 cm³/mol. The van der Waals surface area contributed by atoms with Crippen LogP contribution in [0.2, 0.25) is 0 Å². The lowest BCUT2D eigenvalue weighted by Crippen LogP contribution is -2.47. The lowest BCUT2D eigenvalue weighted by Gasteiger charge is -2.31. The Morgan fingerprint density at radius 1 is 1.13 bits per heavy atom. The summed E-state index contributed by atoms with van der Waals surface area (Å²) in [7, 11) is 0. The van der Waals surface area contributed by atoms with Crippen LogP contribution < -0.4 is 10.6 Å². The van der Waals surface area contributed by atoms with E-state index in [1.807, 2.05) is 6.92 Å². The van der Waals surface area contributed by atoms with Crippen LogP contribution in [0.4, 0.5) is 13.2 Å². The second kappa shape index (κ2) is 12.5. The Labute approximate surface area is 264 Å². The first kappa shape index (κ1) is 31.0. The molecule has 3 aromatic rings. The minimum atomic E-state index is -4.40. The predicted octanol–water partition coefficient (Wildman–Crippen LogP) is 2.94. The van der Waals surface area contributed by atoms with Crippen LogP contribution in [0.1, 0.15) is 72.6 Å². The number of imidazole rings is 1. The first-order valence-corrected chi connectivity index (χ1v) is 16.4. The van der Waals surface area contributed by atoms with Crippen molar-refractivity contribution in [3.05, 3.63) is 41.2 Å². The van der Waals surface area contributed by atoms with Crippen molar-refractivity contribution in [2.75, 3.05) is 32.8 Å². The monoisotopic (exact) mass is 643 g/mol. The molecule has 0 unspecified atom stereocenters. The molecule has 15 heteroatoms. The number of morpholine rings is 1. The fraction of sp³-hybridized carbons (Fsp3) is 0.677. The highest BCUT2D eigenvalue weighted by Gasteiger charge is 2.48. The van der Waals surface area contributed by atoms with Gasteiger partial charge in [0.05, 0.1) is 48.5 Å². The maximum atomic E-state index is 13.6. The third-order valence-electron chi connectivity index (χ3n) is 9.90. The molecular weight excluding hydrogens is 603 g/mol. The lowest BCUT2D eigenvalue weighted by atomic mass is 9.86. The number of carbonyl (C=O) groups is 2. The Morgan fingerprint density at radius 2 is 1.87 bits per heavy atom. The van der Waals surface area contributed by atoms with Crippen LogP contribution >= 0.6 is 0 Å².